The second-order valence-corrected chi connectivity index (χ2v) is 7.04. The van der Waals surface area contributed by atoms with Gasteiger partial charge in [-0.25, -0.2) is 9.59 Å². The molecule has 0 saturated carbocycles. The van der Waals surface area contributed by atoms with Crippen molar-refractivity contribution in [1.29, 1.82) is 0 Å². The molecule has 0 radical (unpaired) electrons. The molecule has 1 aliphatic heterocycles. The number of urea groups is 1. The Morgan fingerprint density at radius 1 is 1.44 bits per heavy atom. The molecule has 0 unspecified atom stereocenters. The minimum atomic E-state index is -0.451. The molecule has 27 heavy (non-hydrogen) atoms. The Hall–Kier alpha value is -2.52. The summed E-state index contributed by atoms with van der Waals surface area (Å²) in [5, 5.41) is 14.6. The summed E-state index contributed by atoms with van der Waals surface area (Å²) >= 11 is 7.55. The van der Waals surface area contributed by atoms with Crippen LogP contribution in [0.4, 0.5) is 4.79 Å². The van der Waals surface area contributed by atoms with E-state index in [4.69, 9.17) is 16.3 Å². The molecule has 2 N–H and O–H groups in total. The highest BCUT2D eigenvalue weighted by molar-refractivity contribution is 7.99. The van der Waals surface area contributed by atoms with Gasteiger partial charge < -0.3 is 15.4 Å². The van der Waals surface area contributed by atoms with Crippen LogP contribution in [0.25, 0.3) is 5.69 Å². The topological polar surface area (TPSA) is 98.1 Å². The average molecular weight is 408 g/mol. The van der Waals surface area contributed by atoms with E-state index in [-0.39, 0.29) is 19.2 Å². The van der Waals surface area contributed by atoms with Crippen LogP contribution in [0.3, 0.4) is 0 Å². The normalized spacial score (nSPS) is 14.0. The van der Waals surface area contributed by atoms with Gasteiger partial charge in [-0.2, -0.15) is 0 Å². The van der Waals surface area contributed by atoms with Crippen molar-refractivity contribution in [2.75, 3.05) is 18.9 Å². The molecule has 0 aliphatic carbocycles. The lowest BCUT2D eigenvalue weighted by atomic mass is 10.2. The number of halogens is 1. The number of carbonyl (C=O) groups is 2. The Morgan fingerprint density at radius 3 is 3.00 bits per heavy atom. The Morgan fingerprint density at radius 2 is 2.26 bits per heavy atom. The van der Waals surface area contributed by atoms with Crippen molar-refractivity contribution in [2.45, 2.75) is 19.0 Å². The van der Waals surface area contributed by atoms with Gasteiger partial charge in [-0.05, 0) is 31.5 Å². The van der Waals surface area contributed by atoms with Crippen LogP contribution in [-0.4, -0.2) is 45.7 Å². The number of thioether (sulfide) groups is 1. The number of amides is 2. The molecule has 3 rings (SSSR count). The van der Waals surface area contributed by atoms with Gasteiger partial charge in [-0.3, -0.25) is 4.57 Å². The van der Waals surface area contributed by atoms with E-state index in [2.05, 4.69) is 20.8 Å². The molecular formula is C17H18ClN5O3S. The van der Waals surface area contributed by atoms with Crippen LogP contribution in [0.1, 0.15) is 12.5 Å². The monoisotopic (exact) mass is 407 g/mol. The Labute approximate surface area is 165 Å². The number of ether oxygens (including phenoxy) is 1. The van der Waals surface area contributed by atoms with Gasteiger partial charge in [0.15, 0.2) is 5.16 Å². The summed E-state index contributed by atoms with van der Waals surface area (Å²) in [7, 11) is 0. The van der Waals surface area contributed by atoms with Gasteiger partial charge in [0, 0.05) is 16.5 Å². The third kappa shape index (κ3) is 4.42. The Balaban J connectivity index is 1.81. The van der Waals surface area contributed by atoms with Crippen molar-refractivity contribution in [3.63, 3.8) is 0 Å². The zero-order valence-corrected chi connectivity index (χ0v) is 16.4. The van der Waals surface area contributed by atoms with E-state index >= 15 is 0 Å². The van der Waals surface area contributed by atoms with E-state index in [1.807, 2.05) is 25.1 Å². The van der Waals surface area contributed by atoms with Crippen molar-refractivity contribution in [1.82, 2.24) is 25.4 Å². The summed E-state index contributed by atoms with van der Waals surface area (Å²) < 4.78 is 6.85. The number of hydrogen-bond acceptors (Lipinski definition) is 6. The lowest BCUT2D eigenvalue weighted by Gasteiger charge is -2.21. The molecule has 2 amide bonds. The van der Waals surface area contributed by atoms with Gasteiger partial charge in [0.25, 0.3) is 0 Å². The number of benzene rings is 1. The fourth-order valence-corrected chi connectivity index (χ4v) is 3.53. The SMILES string of the molecule is CCOC(=O)C1=C(CSc2nncn2-c2ccc(C)c(Cl)c2)NC(=O)NC1. The lowest BCUT2D eigenvalue weighted by molar-refractivity contribution is -0.138. The molecule has 0 fully saturated rings. The fraction of sp³-hybridized carbons (Fsp3) is 0.294. The number of aryl methyl sites for hydroxylation is 1. The van der Waals surface area contributed by atoms with Crippen molar-refractivity contribution < 1.29 is 14.3 Å². The van der Waals surface area contributed by atoms with Crippen LogP contribution < -0.4 is 10.6 Å². The van der Waals surface area contributed by atoms with Crippen LogP contribution in [0.15, 0.2) is 41.0 Å². The number of carbonyl (C=O) groups excluding carboxylic acids is 2. The molecule has 10 heteroatoms. The first kappa shape index (κ1) is 19.2. The number of rotatable bonds is 6. The Kier molecular flexibility index (Phi) is 6.02. The van der Waals surface area contributed by atoms with Crippen LogP contribution >= 0.6 is 23.4 Å². The third-order valence-electron chi connectivity index (χ3n) is 3.87. The lowest BCUT2D eigenvalue weighted by Crippen LogP contribution is -2.44. The molecule has 2 heterocycles. The van der Waals surface area contributed by atoms with Gasteiger partial charge in [0.05, 0.1) is 24.4 Å². The van der Waals surface area contributed by atoms with Crippen molar-refractivity contribution >= 4 is 35.4 Å². The van der Waals surface area contributed by atoms with Crippen LogP contribution in [0.2, 0.25) is 5.02 Å². The molecule has 2 aromatic rings. The Bertz CT molecular complexity index is 912. The first-order valence-electron chi connectivity index (χ1n) is 8.23. The van der Waals surface area contributed by atoms with Crippen LogP contribution in [-0.2, 0) is 9.53 Å². The van der Waals surface area contributed by atoms with Gasteiger partial charge >= 0.3 is 12.0 Å². The summed E-state index contributed by atoms with van der Waals surface area (Å²) in [4.78, 5) is 23.8. The third-order valence-corrected chi connectivity index (χ3v) is 5.25. The first-order valence-corrected chi connectivity index (χ1v) is 9.59. The van der Waals surface area contributed by atoms with E-state index in [0.29, 0.717) is 27.2 Å². The minimum Gasteiger partial charge on any atom is -0.463 e. The molecule has 1 aromatic carbocycles. The summed E-state index contributed by atoms with van der Waals surface area (Å²) in [5.74, 6) is -0.118. The van der Waals surface area contributed by atoms with Crippen LogP contribution in [0.5, 0.6) is 0 Å². The zero-order valence-electron chi connectivity index (χ0n) is 14.8. The largest absolute Gasteiger partial charge is 0.463 e. The highest BCUT2D eigenvalue weighted by Gasteiger charge is 2.24. The highest BCUT2D eigenvalue weighted by atomic mass is 35.5. The van der Waals surface area contributed by atoms with Crippen LogP contribution in [0, 0.1) is 6.92 Å². The van der Waals surface area contributed by atoms with Crippen molar-refractivity contribution in [2.24, 2.45) is 0 Å². The number of aromatic nitrogens is 3. The number of esters is 1. The van der Waals surface area contributed by atoms with Gasteiger partial charge in [0.2, 0.25) is 0 Å². The molecule has 0 bridgehead atoms. The molecule has 0 saturated heterocycles. The fourth-order valence-electron chi connectivity index (χ4n) is 2.44. The molecule has 0 spiro atoms. The van der Waals surface area contributed by atoms with E-state index in [1.54, 1.807) is 17.8 Å². The number of nitrogens with zero attached hydrogens (tertiary/aromatic N) is 3. The molecule has 1 aromatic heterocycles. The second kappa shape index (κ2) is 8.45. The van der Waals surface area contributed by atoms with E-state index in [0.717, 1.165) is 11.3 Å². The maximum Gasteiger partial charge on any atom is 0.337 e. The van der Waals surface area contributed by atoms with Gasteiger partial charge in [-0.15, -0.1) is 10.2 Å². The van der Waals surface area contributed by atoms with Crippen molar-refractivity contribution in [3.05, 3.63) is 46.4 Å². The van der Waals surface area contributed by atoms with E-state index in [1.165, 1.54) is 11.8 Å². The van der Waals surface area contributed by atoms with Gasteiger partial charge in [-0.1, -0.05) is 29.4 Å². The van der Waals surface area contributed by atoms with Crippen molar-refractivity contribution in [3.8, 4) is 5.69 Å². The summed E-state index contributed by atoms with van der Waals surface area (Å²) in [6.07, 6.45) is 1.59. The van der Waals surface area contributed by atoms with E-state index < -0.39 is 5.97 Å². The quantitative estimate of drug-likeness (QED) is 0.563. The second-order valence-electron chi connectivity index (χ2n) is 5.69. The maximum absolute atomic E-state index is 12.1. The molecule has 8 nitrogen and oxygen atoms in total. The summed E-state index contributed by atoms with van der Waals surface area (Å²) in [5.41, 5.74) is 2.70. The predicted octanol–water partition coefficient (Wildman–Crippen LogP) is 2.45. The highest BCUT2D eigenvalue weighted by Crippen LogP contribution is 2.25. The standard InChI is InChI=1S/C17H18ClN5O3S/c1-3-26-15(24)12-7-19-16(25)21-14(12)8-27-17-22-20-9-23(17)11-5-4-10(2)13(18)6-11/h4-6,9H,3,7-8H2,1-2H3,(H2,19,21,25). The summed E-state index contributed by atoms with van der Waals surface area (Å²) in [6, 6.07) is 5.32. The van der Waals surface area contributed by atoms with E-state index in [9.17, 15) is 9.59 Å². The average Bonchev–Trinajstić information content (AvgIpc) is 3.11. The maximum atomic E-state index is 12.1. The summed E-state index contributed by atoms with van der Waals surface area (Å²) in [6.45, 7) is 4.05. The number of nitrogens with one attached hydrogen (secondary N) is 2. The zero-order chi connectivity index (χ0) is 19.4. The predicted molar refractivity (Wildman–Crippen MR) is 102 cm³/mol. The number of hydrogen-bond donors (Lipinski definition) is 2. The first-order chi connectivity index (χ1) is 13.0. The molecular weight excluding hydrogens is 390 g/mol. The van der Waals surface area contributed by atoms with Gasteiger partial charge in [0.1, 0.15) is 6.33 Å². The minimum absolute atomic E-state index is 0.126. The molecule has 1 aliphatic rings. The smallest absolute Gasteiger partial charge is 0.337 e. The molecule has 0 atom stereocenters. The molecule has 142 valence electrons.